The maximum Gasteiger partial charge on any atom is 0.133 e. The fourth-order valence-corrected chi connectivity index (χ4v) is 2.62. The highest BCUT2D eigenvalue weighted by Gasteiger charge is 2.22. The first-order valence-electron chi connectivity index (χ1n) is 6.67. The molecule has 0 amide bonds. The molecule has 2 heterocycles. The topological polar surface area (TPSA) is 42.2 Å². The van der Waals surface area contributed by atoms with Gasteiger partial charge in [-0.05, 0) is 31.7 Å². The molecule has 0 bridgehead atoms. The molecule has 0 radical (unpaired) electrons. The van der Waals surface area contributed by atoms with E-state index in [9.17, 15) is 0 Å². The van der Waals surface area contributed by atoms with Gasteiger partial charge in [-0.15, -0.1) is 0 Å². The summed E-state index contributed by atoms with van der Waals surface area (Å²) in [6.45, 7) is 6.56. The monoisotopic (exact) mass is 233 g/mol. The zero-order valence-corrected chi connectivity index (χ0v) is 10.9. The Kier molecular flexibility index (Phi) is 4.00. The third-order valence-electron chi connectivity index (χ3n) is 3.70. The minimum atomic E-state index is 0.0562. The number of hydrogen-bond acceptors (Lipinski definition) is 3. The molecule has 1 fully saturated rings. The normalized spacial score (nSPS) is 22.5. The van der Waals surface area contributed by atoms with Crippen molar-refractivity contribution in [2.75, 3.05) is 18.0 Å². The highest BCUT2D eigenvalue weighted by Crippen LogP contribution is 2.28. The number of rotatable bonds is 3. The first-order valence-corrected chi connectivity index (χ1v) is 6.67. The van der Waals surface area contributed by atoms with E-state index in [1.165, 1.54) is 24.8 Å². The second kappa shape index (κ2) is 5.50. The first kappa shape index (κ1) is 12.4. The highest BCUT2D eigenvalue weighted by atomic mass is 15.2. The number of hydrogen-bond donors (Lipinski definition) is 1. The number of aromatic nitrogens is 1. The maximum absolute atomic E-state index is 6.02. The summed E-state index contributed by atoms with van der Waals surface area (Å²) in [6, 6.07) is 4.13. The largest absolute Gasteiger partial charge is 0.356 e. The minimum Gasteiger partial charge on any atom is -0.356 e. The van der Waals surface area contributed by atoms with E-state index >= 15 is 0 Å². The van der Waals surface area contributed by atoms with Crippen molar-refractivity contribution in [2.24, 2.45) is 11.7 Å². The molecular weight excluding hydrogens is 210 g/mol. The number of pyridine rings is 1. The van der Waals surface area contributed by atoms with Crippen LogP contribution in [0, 0.1) is 5.92 Å². The van der Waals surface area contributed by atoms with Gasteiger partial charge in [0.15, 0.2) is 0 Å². The van der Waals surface area contributed by atoms with Gasteiger partial charge in [-0.2, -0.15) is 0 Å². The summed E-state index contributed by atoms with van der Waals surface area (Å²) in [7, 11) is 0. The second-order valence-corrected chi connectivity index (χ2v) is 5.07. The Bertz CT molecular complexity index is 362. The van der Waals surface area contributed by atoms with Crippen LogP contribution < -0.4 is 10.6 Å². The van der Waals surface area contributed by atoms with Crippen LogP contribution in [0.3, 0.4) is 0 Å². The van der Waals surface area contributed by atoms with E-state index in [-0.39, 0.29) is 6.04 Å². The van der Waals surface area contributed by atoms with Crippen LogP contribution in [-0.2, 0) is 0 Å². The van der Waals surface area contributed by atoms with Gasteiger partial charge in [-0.3, -0.25) is 0 Å². The molecule has 0 spiro atoms. The lowest BCUT2D eigenvalue weighted by molar-refractivity contribution is 0.402. The van der Waals surface area contributed by atoms with Crippen molar-refractivity contribution in [1.82, 2.24) is 4.98 Å². The lowest BCUT2D eigenvalue weighted by Crippen LogP contribution is -2.36. The average molecular weight is 233 g/mol. The molecule has 0 aliphatic carbocycles. The van der Waals surface area contributed by atoms with Crippen molar-refractivity contribution in [3.05, 3.63) is 23.9 Å². The van der Waals surface area contributed by atoms with E-state index in [2.05, 4.69) is 22.9 Å². The van der Waals surface area contributed by atoms with Crippen LogP contribution >= 0.6 is 0 Å². The van der Waals surface area contributed by atoms with E-state index in [0.717, 1.165) is 24.8 Å². The Morgan fingerprint density at radius 1 is 1.59 bits per heavy atom. The summed E-state index contributed by atoms with van der Waals surface area (Å²) in [5, 5.41) is 0. The van der Waals surface area contributed by atoms with Gasteiger partial charge in [0.25, 0.3) is 0 Å². The molecule has 1 aliphatic rings. The molecule has 1 saturated heterocycles. The maximum atomic E-state index is 6.02. The third kappa shape index (κ3) is 2.78. The van der Waals surface area contributed by atoms with Gasteiger partial charge >= 0.3 is 0 Å². The zero-order valence-electron chi connectivity index (χ0n) is 10.9. The molecule has 2 rings (SSSR count). The van der Waals surface area contributed by atoms with Crippen LogP contribution in [-0.4, -0.2) is 18.1 Å². The van der Waals surface area contributed by atoms with Crippen molar-refractivity contribution in [1.29, 1.82) is 0 Å². The Balaban J connectivity index is 2.21. The average Bonchev–Trinajstić information content (AvgIpc) is 2.39. The Labute approximate surface area is 104 Å². The van der Waals surface area contributed by atoms with Gasteiger partial charge in [0.2, 0.25) is 0 Å². The van der Waals surface area contributed by atoms with Gasteiger partial charge in [-0.1, -0.05) is 19.4 Å². The van der Waals surface area contributed by atoms with E-state index in [4.69, 9.17) is 5.73 Å². The molecule has 1 aliphatic heterocycles. The number of anilines is 1. The fourth-order valence-electron chi connectivity index (χ4n) is 2.62. The quantitative estimate of drug-likeness (QED) is 0.873. The Morgan fingerprint density at radius 3 is 3.12 bits per heavy atom. The van der Waals surface area contributed by atoms with Crippen molar-refractivity contribution >= 4 is 5.82 Å². The molecule has 0 saturated carbocycles. The summed E-state index contributed by atoms with van der Waals surface area (Å²) >= 11 is 0. The summed E-state index contributed by atoms with van der Waals surface area (Å²) in [4.78, 5) is 6.95. The van der Waals surface area contributed by atoms with Crippen LogP contribution in [0.1, 0.15) is 44.7 Å². The lowest BCUT2D eigenvalue weighted by atomic mass is 9.95. The third-order valence-corrected chi connectivity index (χ3v) is 3.70. The van der Waals surface area contributed by atoms with Gasteiger partial charge < -0.3 is 10.6 Å². The Morgan fingerprint density at radius 2 is 2.41 bits per heavy atom. The number of nitrogens with zero attached hydrogens (tertiary/aromatic N) is 2. The predicted octanol–water partition coefficient (Wildman–Crippen LogP) is 2.73. The number of nitrogens with two attached hydrogens (primary N) is 1. The Hall–Kier alpha value is -1.09. The van der Waals surface area contributed by atoms with Gasteiger partial charge in [0.1, 0.15) is 5.82 Å². The molecule has 2 unspecified atom stereocenters. The van der Waals surface area contributed by atoms with E-state index < -0.39 is 0 Å². The van der Waals surface area contributed by atoms with Crippen LogP contribution in [0.2, 0.25) is 0 Å². The molecule has 17 heavy (non-hydrogen) atoms. The summed E-state index contributed by atoms with van der Waals surface area (Å²) in [6.07, 6.45) is 5.76. The molecule has 1 aromatic heterocycles. The summed E-state index contributed by atoms with van der Waals surface area (Å²) in [5.74, 6) is 1.91. The van der Waals surface area contributed by atoms with Crippen LogP contribution in [0.5, 0.6) is 0 Å². The van der Waals surface area contributed by atoms with Gasteiger partial charge in [-0.25, -0.2) is 4.98 Å². The first-order chi connectivity index (χ1) is 8.22. The van der Waals surface area contributed by atoms with Crippen LogP contribution in [0.25, 0.3) is 0 Å². The molecule has 3 heteroatoms. The van der Waals surface area contributed by atoms with Crippen molar-refractivity contribution in [2.45, 2.75) is 39.2 Å². The number of piperidine rings is 1. The summed E-state index contributed by atoms with van der Waals surface area (Å²) < 4.78 is 0. The predicted molar refractivity (Wildman–Crippen MR) is 72.1 cm³/mol. The SMILES string of the molecule is CCC1CCCN(c2ncccc2C(C)N)C1. The lowest BCUT2D eigenvalue weighted by Gasteiger charge is -2.34. The molecule has 3 nitrogen and oxygen atoms in total. The van der Waals surface area contributed by atoms with Gasteiger partial charge in [0.05, 0.1) is 0 Å². The smallest absolute Gasteiger partial charge is 0.133 e. The minimum absolute atomic E-state index is 0.0562. The van der Waals surface area contributed by atoms with E-state index in [1.54, 1.807) is 0 Å². The van der Waals surface area contributed by atoms with Crippen LogP contribution in [0.15, 0.2) is 18.3 Å². The van der Waals surface area contributed by atoms with Crippen LogP contribution in [0.4, 0.5) is 5.82 Å². The zero-order chi connectivity index (χ0) is 12.3. The van der Waals surface area contributed by atoms with E-state index in [1.807, 2.05) is 19.2 Å². The van der Waals surface area contributed by atoms with Crippen molar-refractivity contribution < 1.29 is 0 Å². The molecule has 1 aromatic rings. The highest BCUT2D eigenvalue weighted by molar-refractivity contribution is 5.48. The fraction of sp³-hybridized carbons (Fsp3) is 0.643. The molecule has 2 N–H and O–H groups in total. The second-order valence-electron chi connectivity index (χ2n) is 5.07. The van der Waals surface area contributed by atoms with Crippen molar-refractivity contribution in [3.8, 4) is 0 Å². The molecular formula is C14H23N3. The van der Waals surface area contributed by atoms with Crippen molar-refractivity contribution in [3.63, 3.8) is 0 Å². The molecule has 94 valence electrons. The summed E-state index contributed by atoms with van der Waals surface area (Å²) in [5.41, 5.74) is 7.19. The van der Waals surface area contributed by atoms with Gasteiger partial charge in [0, 0.05) is 30.9 Å². The van der Waals surface area contributed by atoms with E-state index in [0.29, 0.717) is 0 Å². The standard InChI is InChI=1S/C14H23N3/c1-3-12-6-5-9-17(10-12)14-13(11(2)15)7-4-8-16-14/h4,7-8,11-12H,3,5-6,9-10,15H2,1-2H3. The molecule has 0 aromatic carbocycles. The molecule has 2 atom stereocenters.